The molecular weight excluding hydrogens is 232 g/mol. The lowest BCUT2D eigenvalue weighted by Gasteiger charge is -2.25. The zero-order chi connectivity index (χ0) is 12.3. The summed E-state index contributed by atoms with van der Waals surface area (Å²) in [7, 11) is 0. The molecule has 2 rings (SSSR count). The SMILES string of the molecule is CC(C)(CNC(=O)N1CCCC1)c1cccs1. The summed E-state index contributed by atoms with van der Waals surface area (Å²) in [5, 5.41) is 5.13. The molecule has 1 aliphatic heterocycles. The molecule has 0 unspecified atom stereocenters. The molecule has 0 atom stereocenters. The molecule has 1 saturated heterocycles. The summed E-state index contributed by atoms with van der Waals surface area (Å²) in [6.07, 6.45) is 2.28. The average molecular weight is 252 g/mol. The number of amides is 2. The molecule has 0 saturated carbocycles. The van der Waals surface area contributed by atoms with E-state index in [4.69, 9.17) is 0 Å². The average Bonchev–Trinajstić information content (AvgIpc) is 2.97. The van der Waals surface area contributed by atoms with Crippen LogP contribution >= 0.6 is 11.3 Å². The third-order valence-corrected chi connectivity index (χ3v) is 4.50. The Hall–Kier alpha value is -1.03. The molecule has 1 aromatic heterocycles. The molecule has 1 N–H and O–H groups in total. The number of carbonyl (C=O) groups is 1. The van der Waals surface area contributed by atoms with Gasteiger partial charge in [-0.2, -0.15) is 0 Å². The Morgan fingerprint density at radius 3 is 2.76 bits per heavy atom. The van der Waals surface area contributed by atoms with Crippen LogP contribution in [0.5, 0.6) is 0 Å². The van der Waals surface area contributed by atoms with Gasteiger partial charge in [-0.3, -0.25) is 0 Å². The normalized spacial score (nSPS) is 16.2. The molecule has 2 amide bonds. The number of nitrogens with one attached hydrogen (secondary N) is 1. The van der Waals surface area contributed by atoms with E-state index >= 15 is 0 Å². The van der Waals surface area contributed by atoms with E-state index in [1.807, 2.05) is 4.90 Å². The number of urea groups is 1. The number of carbonyl (C=O) groups excluding carboxylic acids is 1. The van der Waals surface area contributed by atoms with Crippen molar-refractivity contribution >= 4 is 17.4 Å². The fraction of sp³-hybridized carbons (Fsp3) is 0.615. The van der Waals surface area contributed by atoms with E-state index < -0.39 is 0 Å². The maximum absolute atomic E-state index is 11.9. The predicted molar refractivity (Wildman–Crippen MR) is 71.6 cm³/mol. The first-order chi connectivity index (χ1) is 8.09. The minimum atomic E-state index is 0.0174. The zero-order valence-electron chi connectivity index (χ0n) is 10.5. The predicted octanol–water partition coefficient (Wildman–Crippen LogP) is 2.83. The fourth-order valence-corrected chi connectivity index (χ4v) is 2.93. The van der Waals surface area contributed by atoms with Crippen LogP contribution in [0.25, 0.3) is 0 Å². The molecule has 94 valence electrons. The van der Waals surface area contributed by atoms with Crippen molar-refractivity contribution in [3.8, 4) is 0 Å². The van der Waals surface area contributed by atoms with Crippen molar-refractivity contribution in [2.24, 2.45) is 0 Å². The van der Waals surface area contributed by atoms with Gasteiger partial charge in [0.25, 0.3) is 0 Å². The highest BCUT2D eigenvalue weighted by molar-refractivity contribution is 7.10. The maximum atomic E-state index is 11.9. The molecule has 0 bridgehead atoms. The highest BCUT2D eigenvalue weighted by Crippen LogP contribution is 2.26. The molecular formula is C13H20N2OS. The molecule has 1 aliphatic rings. The van der Waals surface area contributed by atoms with Gasteiger partial charge in [-0.1, -0.05) is 19.9 Å². The molecule has 3 nitrogen and oxygen atoms in total. The molecule has 1 fully saturated rings. The molecule has 17 heavy (non-hydrogen) atoms. The summed E-state index contributed by atoms with van der Waals surface area (Å²) >= 11 is 1.75. The lowest BCUT2D eigenvalue weighted by molar-refractivity contribution is 0.206. The Kier molecular flexibility index (Phi) is 3.72. The number of nitrogens with zero attached hydrogens (tertiary/aromatic N) is 1. The second-order valence-corrected chi connectivity index (χ2v) is 6.16. The van der Waals surface area contributed by atoms with Gasteiger partial charge in [0.05, 0.1) is 0 Å². The number of likely N-dealkylation sites (tertiary alicyclic amines) is 1. The third-order valence-electron chi connectivity index (χ3n) is 3.26. The van der Waals surface area contributed by atoms with E-state index in [0.29, 0.717) is 6.54 Å². The van der Waals surface area contributed by atoms with Gasteiger partial charge in [0.2, 0.25) is 0 Å². The minimum Gasteiger partial charge on any atom is -0.337 e. The van der Waals surface area contributed by atoms with Crippen molar-refractivity contribution in [3.05, 3.63) is 22.4 Å². The smallest absolute Gasteiger partial charge is 0.317 e. The molecule has 1 aromatic rings. The number of hydrogen-bond acceptors (Lipinski definition) is 2. The van der Waals surface area contributed by atoms with Crippen molar-refractivity contribution < 1.29 is 4.79 Å². The van der Waals surface area contributed by atoms with E-state index in [9.17, 15) is 4.79 Å². The van der Waals surface area contributed by atoms with Crippen LogP contribution in [0.4, 0.5) is 4.79 Å². The van der Waals surface area contributed by atoms with Crippen molar-refractivity contribution in [1.29, 1.82) is 0 Å². The van der Waals surface area contributed by atoms with E-state index in [1.54, 1.807) is 11.3 Å². The summed E-state index contributed by atoms with van der Waals surface area (Å²) in [6.45, 7) is 6.85. The number of hydrogen-bond donors (Lipinski definition) is 1. The van der Waals surface area contributed by atoms with Gasteiger partial charge in [0, 0.05) is 29.9 Å². The Morgan fingerprint density at radius 1 is 1.47 bits per heavy atom. The lowest BCUT2D eigenvalue weighted by Crippen LogP contribution is -2.43. The van der Waals surface area contributed by atoms with Crippen molar-refractivity contribution in [3.63, 3.8) is 0 Å². The van der Waals surface area contributed by atoms with Crippen LogP contribution < -0.4 is 5.32 Å². The van der Waals surface area contributed by atoms with E-state index in [1.165, 1.54) is 4.88 Å². The van der Waals surface area contributed by atoms with Gasteiger partial charge in [-0.05, 0) is 24.3 Å². The van der Waals surface area contributed by atoms with Crippen LogP contribution in [0, 0.1) is 0 Å². The Balaban J connectivity index is 1.87. The third kappa shape index (κ3) is 3.00. The molecule has 0 radical (unpaired) electrons. The molecule has 0 aromatic carbocycles. The first-order valence-electron chi connectivity index (χ1n) is 6.16. The van der Waals surface area contributed by atoms with Crippen LogP contribution in [0.15, 0.2) is 17.5 Å². The molecule has 0 aliphatic carbocycles. The van der Waals surface area contributed by atoms with Crippen LogP contribution in [-0.2, 0) is 5.41 Å². The van der Waals surface area contributed by atoms with E-state index in [0.717, 1.165) is 25.9 Å². The zero-order valence-corrected chi connectivity index (χ0v) is 11.3. The summed E-state index contributed by atoms with van der Waals surface area (Å²) in [5.74, 6) is 0. The first-order valence-corrected chi connectivity index (χ1v) is 7.04. The van der Waals surface area contributed by atoms with Crippen LogP contribution in [-0.4, -0.2) is 30.6 Å². The second kappa shape index (κ2) is 5.08. The summed E-state index contributed by atoms with van der Waals surface area (Å²) in [5.41, 5.74) is 0.0174. The number of rotatable bonds is 3. The highest BCUT2D eigenvalue weighted by Gasteiger charge is 2.24. The van der Waals surface area contributed by atoms with Gasteiger partial charge < -0.3 is 10.2 Å². The topological polar surface area (TPSA) is 32.3 Å². The minimum absolute atomic E-state index is 0.0174. The largest absolute Gasteiger partial charge is 0.337 e. The maximum Gasteiger partial charge on any atom is 0.317 e. The van der Waals surface area contributed by atoms with Gasteiger partial charge in [0.1, 0.15) is 0 Å². The van der Waals surface area contributed by atoms with E-state index in [-0.39, 0.29) is 11.4 Å². The highest BCUT2D eigenvalue weighted by atomic mass is 32.1. The summed E-state index contributed by atoms with van der Waals surface area (Å²) < 4.78 is 0. The summed E-state index contributed by atoms with van der Waals surface area (Å²) in [6, 6.07) is 4.28. The standard InChI is InChI=1S/C13H20N2OS/c1-13(2,11-6-5-9-17-11)10-14-12(16)15-7-3-4-8-15/h5-6,9H,3-4,7-8,10H2,1-2H3,(H,14,16). The lowest BCUT2D eigenvalue weighted by atomic mass is 9.91. The Bertz CT molecular complexity index is 367. The van der Waals surface area contributed by atoms with Gasteiger partial charge in [-0.25, -0.2) is 4.79 Å². The number of thiophene rings is 1. The monoisotopic (exact) mass is 252 g/mol. The van der Waals surface area contributed by atoms with Crippen LogP contribution in [0.2, 0.25) is 0 Å². The second-order valence-electron chi connectivity index (χ2n) is 5.21. The fourth-order valence-electron chi connectivity index (χ4n) is 2.08. The van der Waals surface area contributed by atoms with Gasteiger partial charge in [-0.15, -0.1) is 11.3 Å². The van der Waals surface area contributed by atoms with Gasteiger partial charge in [0.15, 0.2) is 0 Å². The molecule has 4 heteroatoms. The Labute approximate surface area is 107 Å². The molecule has 2 heterocycles. The van der Waals surface area contributed by atoms with Crippen LogP contribution in [0.1, 0.15) is 31.6 Å². The van der Waals surface area contributed by atoms with Gasteiger partial charge >= 0.3 is 6.03 Å². The van der Waals surface area contributed by atoms with Crippen molar-refractivity contribution in [2.75, 3.05) is 19.6 Å². The quantitative estimate of drug-likeness (QED) is 0.881. The molecule has 0 spiro atoms. The Morgan fingerprint density at radius 2 is 2.18 bits per heavy atom. The van der Waals surface area contributed by atoms with E-state index in [2.05, 4.69) is 36.7 Å². The first kappa shape index (κ1) is 12.4. The van der Waals surface area contributed by atoms with Crippen LogP contribution in [0.3, 0.4) is 0 Å². The van der Waals surface area contributed by atoms with Crippen molar-refractivity contribution in [2.45, 2.75) is 32.1 Å². The summed E-state index contributed by atoms with van der Waals surface area (Å²) in [4.78, 5) is 15.1. The van der Waals surface area contributed by atoms with Crippen molar-refractivity contribution in [1.82, 2.24) is 10.2 Å².